The van der Waals surface area contributed by atoms with E-state index < -0.39 is 11.7 Å². The molecule has 0 spiro atoms. The lowest BCUT2D eigenvalue weighted by molar-refractivity contribution is -0.137. The Kier molecular flexibility index (Phi) is 8.64. The molecule has 4 rings (SSSR count). The SMILES string of the molecule is CC1CC(C)CN(CCCNC(=O)CN2C(=O)C(=Cc3ccc(C(F)(F)F)cc3)Sc3ccccc32)C1. The van der Waals surface area contributed by atoms with Crippen LogP contribution in [-0.4, -0.2) is 49.4 Å². The van der Waals surface area contributed by atoms with Gasteiger partial charge in [0.15, 0.2) is 0 Å². The first-order chi connectivity index (χ1) is 17.6. The molecule has 2 aliphatic heterocycles. The monoisotopic (exact) mass is 531 g/mol. The number of anilines is 1. The first-order valence-corrected chi connectivity index (χ1v) is 13.4. The number of piperidine rings is 1. The van der Waals surface area contributed by atoms with E-state index in [-0.39, 0.29) is 18.4 Å². The van der Waals surface area contributed by atoms with Crippen molar-refractivity contribution in [2.75, 3.05) is 37.6 Å². The van der Waals surface area contributed by atoms with Crippen LogP contribution < -0.4 is 10.2 Å². The second-order valence-corrected chi connectivity index (χ2v) is 11.1. The minimum atomic E-state index is -4.42. The van der Waals surface area contributed by atoms with Gasteiger partial charge in [-0.3, -0.25) is 14.5 Å². The molecule has 0 saturated carbocycles. The highest BCUT2D eigenvalue weighted by Gasteiger charge is 2.32. The zero-order valence-electron chi connectivity index (χ0n) is 21.1. The molecule has 2 amide bonds. The van der Waals surface area contributed by atoms with Crippen molar-refractivity contribution in [3.05, 3.63) is 64.6 Å². The van der Waals surface area contributed by atoms with Crippen LogP contribution in [0.15, 0.2) is 58.3 Å². The second kappa shape index (κ2) is 11.7. The molecule has 5 nitrogen and oxygen atoms in total. The average Bonchev–Trinajstić information content (AvgIpc) is 2.83. The minimum absolute atomic E-state index is 0.126. The van der Waals surface area contributed by atoms with Gasteiger partial charge in [-0.05, 0) is 67.1 Å². The summed E-state index contributed by atoms with van der Waals surface area (Å²) in [6.07, 6.45) is -0.764. The molecule has 1 saturated heterocycles. The standard InChI is InChI=1S/C28H32F3N3O2S/c1-19-14-20(2)17-33(16-19)13-5-12-32-26(35)18-34-23-6-3-4-7-24(23)37-25(27(34)36)15-21-8-10-22(11-9-21)28(29,30)31/h3-4,6-11,15,19-20H,5,12-14,16-18H2,1-2H3,(H,32,35). The van der Waals surface area contributed by atoms with Gasteiger partial charge in [-0.2, -0.15) is 13.2 Å². The largest absolute Gasteiger partial charge is 0.416 e. The van der Waals surface area contributed by atoms with E-state index in [0.29, 0.717) is 34.5 Å². The van der Waals surface area contributed by atoms with Crippen molar-refractivity contribution < 1.29 is 22.8 Å². The highest BCUT2D eigenvalue weighted by molar-refractivity contribution is 8.04. The molecule has 2 aliphatic rings. The Morgan fingerprint density at radius 1 is 1.08 bits per heavy atom. The third-order valence-corrected chi connectivity index (χ3v) is 7.66. The molecule has 37 heavy (non-hydrogen) atoms. The third kappa shape index (κ3) is 7.17. The van der Waals surface area contributed by atoms with Crippen molar-refractivity contribution >= 4 is 35.3 Å². The lowest BCUT2D eigenvalue weighted by Crippen LogP contribution is -2.43. The number of nitrogens with zero attached hydrogens (tertiary/aromatic N) is 2. The van der Waals surface area contributed by atoms with Gasteiger partial charge >= 0.3 is 6.18 Å². The van der Waals surface area contributed by atoms with E-state index in [4.69, 9.17) is 0 Å². The number of halogens is 3. The number of benzene rings is 2. The minimum Gasteiger partial charge on any atom is -0.355 e. The van der Waals surface area contributed by atoms with E-state index in [2.05, 4.69) is 24.1 Å². The number of para-hydroxylation sites is 1. The smallest absolute Gasteiger partial charge is 0.355 e. The zero-order valence-corrected chi connectivity index (χ0v) is 21.9. The Morgan fingerprint density at radius 3 is 2.43 bits per heavy atom. The van der Waals surface area contributed by atoms with E-state index in [9.17, 15) is 22.8 Å². The first-order valence-electron chi connectivity index (χ1n) is 12.6. The topological polar surface area (TPSA) is 52.7 Å². The number of thioether (sulfide) groups is 1. The fourth-order valence-corrected chi connectivity index (χ4v) is 6.10. The molecule has 2 unspecified atom stereocenters. The molecule has 0 aliphatic carbocycles. The molecule has 2 atom stereocenters. The van der Waals surface area contributed by atoms with Crippen LogP contribution in [0.3, 0.4) is 0 Å². The third-order valence-electron chi connectivity index (χ3n) is 6.59. The second-order valence-electron chi connectivity index (χ2n) is 10.00. The highest BCUT2D eigenvalue weighted by atomic mass is 32.2. The molecule has 0 aromatic heterocycles. The number of rotatable bonds is 7. The Balaban J connectivity index is 1.39. The van der Waals surface area contributed by atoms with Gasteiger partial charge in [0, 0.05) is 24.5 Å². The average molecular weight is 532 g/mol. The van der Waals surface area contributed by atoms with Crippen LogP contribution in [-0.2, 0) is 15.8 Å². The van der Waals surface area contributed by atoms with E-state index >= 15 is 0 Å². The van der Waals surface area contributed by atoms with Gasteiger partial charge in [-0.25, -0.2) is 0 Å². The maximum Gasteiger partial charge on any atom is 0.416 e. The van der Waals surface area contributed by atoms with Crippen molar-refractivity contribution in [2.24, 2.45) is 11.8 Å². The van der Waals surface area contributed by atoms with Gasteiger partial charge in [-0.1, -0.05) is 49.9 Å². The summed E-state index contributed by atoms with van der Waals surface area (Å²) in [6, 6.07) is 12.0. The molecule has 0 radical (unpaired) electrons. The van der Waals surface area contributed by atoms with Gasteiger partial charge in [0.25, 0.3) is 5.91 Å². The Bertz CT molecular complexity index is 1140. The molecule has 1 fully saturated rings. The molecule has 9 heteroatoms. The van der Waals surface area contributed by atoms with Crippen molar-refractivity contribution in [1.82, 2.24) is 10.2 Å². The van der Waals surface area contributed by atoms with Crippen LogP contribution >= 0.6 is 11.8 Å². The van der Waals surface area contributed by atoms with Gasteiger partial charge in [0.1, 0.15) is 6.54 Å². The summed E-state index contributed by atoms with van der Waals surface area (Å²) in [6.45, 7) is 8.06. The number of fused-ring (bicyclic) bond motifs is 1. The number of alkyl halides is 3. The molecule has 2 aromatic rings. The van der Waals surface area contributed by atoms with Crippen LogP contribution in [0.1, 0.15) is 37.8 Å². The highest BCUT2D eigenvalue weighted by Crippen LogP contribution is 2.42. The van der Waals surface area contributed by atoms with Gasteiger partial charge in [0.2, 0.25) is 5.91 Å². The molecule has 1 N–H and O–H groups in total. The van der Waals surface area contributed by atoms with E-state index in [1.165, 1.54) is 35.2 Å². The van der Waals surface area contributed by atoms with Crippen LogP contribution in [0, 0.1) is 11.8 Å². The van der Waals surface area contributed by atoms with Crippen molar-refractivity contribution in [2.45, 2.75) is 37.8 Å². The van der Waals surface area contributed by atoms with Crippen LogP contribution in [0.4, 0.5) is 18.9 Å². The normalized spacial score (nSPS) is 21.7. The predicted molar refractivity (Wildman–Crippen MR) is 141 cm³/mol. The van der Waals surface area contributed by atoms with Gasteiger partial charge < -0.3 is 10.2 Å². The van der Waals surface area contributed by atoms with Gasteiger partial charge in [-0.15, -0.1) is 0 Å². The molecule has 0 bridgehead atoms. The Hall–Kier alpha value is -2.78. The predicted octanol–water partition coefficient (Wildman–Crippen LogP) is 5.67. The maximum absolute atomic E-state index is 13.3. The molecule has 198 valence electrons. The number of likely N-dealkylation sites (tertiary alicyclic amines) is 1. The maximum atomic E-state index is 13.3. The van der Waals surface area contributed by atoms with Crippen molar-refractivity contribution in [3.63, 3.8) is 0 Å². The number of hydrogen-bond acceptors (Lipinski definition) is 4. The molecule has 2 heterocycles. The quantitative estimate of drug-likeness (QED) is 0.370. The lowest BCUT2D eigenvalue weighted by Gasteiger charge is -2.35. The number of nitrogens with one attached hydrogen (secondary N) is 1. The summed E-state index contributed by atoms with van der Waals surface area (Å²) in [7, 11) is 0. The summed E-state index contributed by atoms with van der Waals surface area (Å²) in [5, 5.41) is 2.94. The lowest BCUT2D eigenvalue weighted by atomic mass is 9.92. The molecule has 2 aromatic carbocycles. The fraction of sp³-hybridized carbons (Fsp3) is 0.429. The summed E-state index contributed by atoms with van der Waals surface area (Å²) < 4.78 is 38.7. The number of hydrogen-bond donors (Lipinski definition) is 1. The van der Waals surface area contributed by atoms with Crippen molar-refractivity contribution in [1.29, 1.82) is 0 Å². The van der Waals surface area contributed by atoms with Crippen LogP contribution in [0.2, 0.25) is 0 Å². The molecular formula is C28H32F3N3O2S. The number of carbonyl (C=O) groups excluding carboxylic acids is 2. The summed E-state index contributed by atoms with van der Waals surface area (Å²) in [5.41, 5.74) is 0.382. The summed E-state index contributed by atoms with van der Waals surface area (Å²) in [4.78, 5) is 31.1. The summed E-state index contributed by atoms with van der Waals surface area (Å²) >= 11 is 1.25. The Morgan fingerprint density at radius 2 is 1.76 bits per heavy atom. The van der Waals surface area contributed by atoms with E-state index in [1.54, 1.807) is 12.1 Å². The Labute approximate surface area is 220 Å². The van der Waals surface area contributed by atoms with Crippen LogP contribution in [0.25, 0.3) is 6.08 Å². The van der Waals surface area contributed by atoms with E-state index in [0.717, 1.165) is 43.1 Å². The van der Waals surface area contributed by atoms with E-state index in [1.807, 2.05) is 18.2 Å². The molecular weight excluding hydrogens is 499 g/mol. The first kappa shape index (κ1) is 27.3. The van der Waals surface area contributed by atoms with Crippen molar-refractivity contribution in [3.8, 4) is 0 Å². The fourth-order valence-electron chi connectivity index (χ4n) is 5.04. The van der Waals surface area contributed by atoms with Crippen LogP contribution in [0.5, 0.6) is 0 Å². The van der Waals surface area contributed by atoms with Gasteiger partial charge in [0.05, 0.1) is 16.2 Å². The zero-order chi connectivity index (χ0) is 26.6. The number of carbonyl (C=O) groups is 2. The number of amides is 2. The summed E-state index contributed by atoms with van der Waals surface area (Å²) in [5.74, 6) is 0.775.